The van der Waals surface area contributed by atoms with E-state index < -0.39 is 49.6 Å². The third kappa shape index (κ3) is 3.67. The first kappa shape index (κ1) is 30.0. The number of allylic oxidation sites excluding steroid dienone is 2. The van der Waals surface area contributed by atoms with Crippen molar-refractivity contribution >= 4 is 105 Å². The first-order chi connectivity index (χ1) is 19.6. The van der Waals surface area contributed by atoms with Gasteiger partial charge in [-0.2, -0.15) is 0 Å². The summed E-state index contributed by atoms with van der Waals surface area (Å²) in [5.41, 5.74) is 3.47. The number of esters is 1. The van der Waals surface area contributed by atoms with Gasteiger partial charge in [-0.05, 0) is 61.7 Å². The molecule has 2 aromatic carbocycles. The standard InChI is InChI=1S/C29H22Cl6N2O5/c1-12-5-4-6-18(14(12)3)36-11-15(10-19(36)38)26(41)42-16-7-8-17(13(2)9-16)37-24(39)20-21(25(37)40)28(33)23(31)22(30)27(20,32)29(28,34)35/h4-9,15,20-21H,10-11H2,1-3H3/t15-,20-,21+,27-,28-/m1/s1. The summed E-state index contributed by atoms with van der Waals surface area (Å²) in [6.07, 6.45) is 0.0188. The van der Waals surface area contributed by atoms with Crippen LogP contribution in [0, 0.1) is 38.5 Å². The quantitative estimate of drug-likeness (QED) is 0.158. The number of carbonyl (C=O) groups excluding carboxylic acids is 4. The third-order valence-electron chi connectivity index (χ3n) is 8.86. The number of imide groups is 1. The number of fused-ring (bicyclic) bond motifs is 5. The van der Waals surface area contributed by atoms with Crippen LogP contribution < -0.4 is 14.5 Å². The highest BCUT2D eigenvalue weighted by Gasteiger charge is 2.87. The number of alkyl halides is 4. The minimum atomic E-state index is -2.02. The minimum Gasteiger partial charge on any atom is -0.426 e. The number of halogens is 6. The molecular formula is C29H22Cl6N2O5. The molecule has 0 unspecified atom stereocenters. The summed E-state index contributed by atoms with van der Waals surface area (Å²) < 4.78 is 3.60. The summed E-state index contributed by atoms with van der Waals surface area (Å²) in [6, 6.07) is 10.1. The Balaban J connectivity index is 1.22. The molecule has 0 N–H and O–H groups in total. The number of nitrogens with zero attached hydrogens (tertiary/aromatic N) is 2. The molecule has 0 aromatic heterocycles. The van der Waals surface area contributed by atoms with Crippen LogP contribution in [-0.2, 0) is 19.2 Å². The maximum absolute atomic E-state index is 13.7. The van der Waals surface area contributed by atoms with Crippen LogP contribution in [0.2, 0.25) is 0 Å². The second-order valence-electron chi connectivity index (χ2n) is 11.1. The first-order valence-corrected chi connectivity index (χ1v) is 15.2. The summed E-state index contributed by atoms with van der Waals surface area (Å²) in [7, 11) is 0. The van der Waals surface area contributed by atoms with Crippen LogP contribution in [0.1, 0.15) is 23.1 Å². The Labute approximate surface area is 271 Å². The van der Waals surface area contributed by atoms with Crippen LogP contribution in [0.15, 0.2) is 46.5 Å². The number of hydrogen-bond acceptors (Lipinski definition) is 5. The Morgan fingerprint density at radius 2 is 1.45 bits per heavy atom. The van der Waals surface area contributed by atoms with Gasteiger partial charge in [0.2, 0.25) is 17.7 Å². The monoisotopic (exact) mass is 688 g/mol. The third-order valence-corrected chi connectivity index (χ3v) is 13.1. The molecule has 7 nitrogen and oxygen atoms in total. The molecule has 220 valence electrons. The zero-order valence-corrected chi connectivity index (χ0v) is 26.8. The SMILES string of the molecule is Cc1cc(OC(=O)[C@@H]2CC(=O)N(c3cccc(C)c3C)C2)ccc1N1C(=O)[C@@H]2[C@H](C1=O)[C@@]1(Cl)C(Cl)=C(Cl)[C@@]2(Cl)C1(Cl)Cl. The molecule has 2 saturated heterocycles. The molecule has 42 heavy (non-hydrogen) atoms. The van der Waals surface area contributed by atoms with Gasteiger partial charge in [-0.25, -0.2) is 4.90 Å². The molecule has 2 bridgehead atoms. The molecule has 6 rings (SSSR count). The van der Waals surface area contributed by atoms with Crippen LogP contribution in [0.5, 0.6) is 5.75 Å². The topological polar surface area (TPSA) is 84.0 Å². The lowest BCUT2D eigenvalue weighted by molar-refractivity contribution is -0.139. The van der Waals surface area contributed by atoms with E-state index in [1.54, 1.807) is 11.8 Å². The molecule has 0 radical (unpaired) electrons. The number of aryl methyl sites for hydroxylation is 2. The Morgan fingerprint density at radius 1 is 0.857 bits per heavy atom. The fourth-order valence-corrected chi connectivity index (χ4v) is 9.43. The number of hydrogen-bond donors (Lipinski definition) is 0. The average Bonchev–Trinajstić information content (AvgIpc) is 3.51. The lowest BCUT2D eigenvalue weighted by Gasteiger charge is -2.34. The molecule has 2 aromatic rings. The molecule has 1 saturated carbocycles. The summed E-state index contributed by atoms with van der Waals surface area (Å²) in [5, 5.41) is -0.342. The van der Waals surface area contributed by atoms with E-state index in [9.17, 15) is 19.2 Å². The second kappa shape index (κ2) is 9.75. The largest absolute Gasteiger partial charge is 0.426 e. The molecular weight excluding hydrogens is 669 g/mol. The van der Waals surface area contributed by atoms with E-state index in [0.29, 0.717) is 5.56 Å². The van der Waals surface area contributed by atoms with Gasteiger partial charge in [0, 0.05) is 18.7 Å². The van der Waals surface area contributed by atoms with Gasteiger partial charge >= 0.3 is 5.97 Å². The molecule has 2 aliphatic carbocycles. The van der Waals surface area contributed by atoms with Crippen LogP contribution in [0.4, 0.5) is 11.4 Å². The van der Waals surface area contributed by atoms with Crippen LogP contribution in [0.3, 0.4) is 0 Å². The molecule has 4 aliphatic rings. The Morgan fingerprint density at radius 3 is 2.02 bits per heavy atom. The highest BCUT2D eigenvalue weighted by molar-refractivity contribution is 6.67. The van der Waals surface area contributed by atoms with Crippen molar-refractivity contribution in [3.63, 3.8) is 0 Å². The van der Waals surface area contributed by atoms with E-state index in [0.717, 1.165) is 21.7 Å². The predicted octanol–water partition coefficient (Wildman–Crippen LogP) is 6.52. The number of carbonyl (C=O) groups is 4. The Hall–Kier alpha value is -2.00. The van der Waals surface area contributed by atoms with Crippen molar-refractivity contribution in [2.45, 2.75) is 41.3 Å². The summed E-state index contributed by atoms with van der Waals surface area (Å²) >= 11 is 39.4. The van der Waals surface area contributed by atoms with Gasteiger partial charge in [0.1, 0.15) is 15.5 Å². The predicted molar refractivity (Wildman–Crippen MR) is 163 cm³/mol. The van der Waals surface area contributed by atoms with E-state index in [4.69, 9.17) is 74.3 Å². The number of amides is 3. The van der Waals surface area contributed by atoms with Crippen molar-refractivity contribution in [3.05, 3.63) is 63.2 Å². The van der Waals surface area contributed by atoms with E-state index in [-0.39, 0.29) is 40.4 Å². The van der Waals surface area contributed by atoms with Crippen molar-refractivity contribution in [3.8, 4) is 5.75 Å². The lowest BCUT2D eigenvalue weighted by atomic mass is 9.84. The summed E-state index contributed by atoms with van der Waals surface area (Å²) in [4.78, 5) is 51.9. The first-order valence-electron chi connectivity index (χ1n) is 13.0. The van der Waals surface area contributed by atoms with Crippen molar-refractivity contribution in [2.75, 3.05) is 16.3 Å². The van der Waals surface area contributed by atoms with Crippen molar-refractivity contribution in [2.24, 2.45) is 17.8 Å². The molecule has 5 atom stereocenters. The van der Waals surface area contributed by atoms with Gasteiger partial charge in [0.25, 0.3) is 0 Å². The maximum atomic E-state index is 13.7. The fourth-order valence-electron chi connectivity index (χ4n) is 6.50. The smallest absolute Gasteiger partial charge is 0.316 e. The summed E-state index contributed by atoms with van der Waals surface area (Å²) in [5.74, 6) is -5.08. The van der Waals surface area contributed by atoms with E-state index in [1.165, 1.54) is 18.2 Å². The van der Waals surface area contributed by atoms with Gasteiger partial charge in [0.15, 0.2) is 4.33 Å². The van der Waals surface area contributed by atoms with Crippen LogP contribution in [0.25, 0.3) is 0 Å². The number of anilines is 2. The van der Waals surface area contributed by atoms with Crippen molar-refractivity contribution < 1.29 is 23.9 Å². The van der Waals surface area contributed by atoms with Gasteiger partial charge in [-0.15, -0.1) is 23.2 Å². The average molecular weight is 691 g/mol. The lowest BCUT2D eigenvalue weighted by Crippen LogP contribution is -2.50. The van der Waals surface area contributed by atoms with Crippen molar-refractivity contribution in [1.82, 2.24) is 0 Å². The number of ether oxygens (including phenoxy) is 1. The molecule has 2 aliphatic heterocycles. The number of benzene rings is 2. The van der Waals surface area contributed by atoms with Gasteiger partial charge < -0.3 is 9.64 Å². The zero-order valence-electron chi connectivity index (χ0n) is 22.3. The highest BCUT2D eigenvalue weighted by Crippen LogP contribution is 2.77. The van der Waals surface area contributed by atoms with Crippen LogP contribution >= 0.6 is 69.6 Å². The normalized spacial score (nSPS) is 31.5. The molecule has 2 heterocycles. The van der Waals surface area contributed by atoms with E-state index in [1.807, 2.05) is 32.0 Å². The molecule has 0 spiro atoms. The Bertz CT molecular complexity index is 1610. The van der Waals surface area contributed by atoms with E-state index in [2.05, 4.69) is 0 Å². The molecule has 3 fully saturated rings. The highest BCUT2D eigenvalue weighted by atomic mass is 35.5. The zero-order chi connectivity index (χ0) is 30.7. The van der Waals surface area contributed by atoms with E-state index >= 15 is 0 Å². The fraction of sp³-hybridized carbons (Fsp3) is 0.379. The van der Waals surface area contributed by atoms with Crippen molar-refractivity contribution in [1.29, 1.82) is 0 Å². The van der Waals surface area contributed by atoms with Gasteiger partial charge in [-0.3, -0.25) is 19.2 Å². The van der Waals surface area contributed by atoms with Gasteiger partial charge in [-0.1, -0.05) is 58.5 Å². The van der Waals surface area contributed by atoms with Gasteiger partial charge in [0.05, 0.1) is 33.5 Å². The van der Waals surface area contributed by atoms with Crippen LogP contribution in [-0.4, -0.2) is 44.3 Å². The maximum Gasteiger partial charge on any atom is 0.316 e. The number of rotatable bonds is 4. The molecule has 13 heteroatoms. The summed E-state index contributed by atoms with van der Waals surface area (Å²) in [6.45, 7) is 5.74. The minimum absolute atomic E-state index is 0.0188. The Kier molecular flexibility index (Phi) is 6.97. The molecule has 3 amide bonds. The second-order valence-corrected chi connectivity index (χ2v) is 14.4.